The van der Waals surface area contributed by atoms with E-state index < -0.39 is 0 Å². The number of nitrogen functional groups attached to an aromatic ring is 1. The summed E-state index contributed by atoms with van der Waals surface area (Å²) in [5, 5.41) is 0. The van der Waals surface area contributed by atoms with Crippen molar-refractivity contribution in [2.24, 2.45) is 0 Å². The van der Waals surface area contributed by atoms with E-state index in [9.17, 15) is 0 Å². The Labute approximate surface area is 101 Å². The maximum absolute atomic E-state index is 5.81. The molecule has 3 nitrogen and oxygen atoms in total. The molecule has 0 aliphatic carbocycles. The van der Waals surface area contributed by atoms with Crippen molar-refractivity contribution in [2.75, 3.05) is 5.73 Å². The van der Waals surface area contributed by atoms with Crippen LogP contribution in [0.3, 0.4) is 0 Å². The third kappa shape index (κ3) is 1.82. The molecule has 0 amide bonds. The molecule has 1 aliphatic rings. The summed E-state index contributed by atoms with van der Waals surface area (Å²) in [5.74, 6) is 1.21. The average Bonchev–Trinajstić information content (AvgIpc) is 2.74. The molecule has 0 radical (unpaired) electrons. The molecular weight excluding hydrogens is 210 g/mol. The number of hydrogen-bond donors (Lipinski definition) is 1. The largest absolute Gasteiger partial charge is 0.399 e. The van der Waals surface area contributed by atoms with E-state index in [0.717, 1.165) is 23.4 Å². The highest BCUT2D eigenvalue weighted by molar-refractivity contribution is 5.63. The highest BCUT2D eigenvalue weighted by atomic mass is 15.1. The molecule has 3 heteroatoms. The van der Waals surface area contributed by atoms with Gasteiger partial charge in [0.25, 0.3) is 0 Å². The van der Waals surface area contributed by atoms with Crippen LogP contribution in [-0.2, 0) is 6.42 Å². The van der Waals surface area contributed by atoms with Crippen LogP contribution in [0.4, 0.5) is 5.69 Å². The number of aromatic nitrogens is 2. The van der Waals surface area contributed by atoms with E-state index in [1.165, 1.54) is 18.7 Å². The normalized spacial score (nSPS) is 19.0. The summed E-state index contributed by atoms with van der Waals surface area (Å²) in [6, 6.07) is 8.50. The van der Waals surface area contributed by atoms with Crippen molar-refractivity contribution >= 4 is 5.69 Å². The molecule has 2 heterocycles. The van der Waals surface area contributed by atoms with Crippen LogP contribution in [0, 0.1) is 0 Å². The fraction of sp³-hybridized carbons (Fsp3) is 0.357. The Kier molecular flexibility index (Phi) is 2.39. The lowest BCUT2D eigenvalue weighted by Crippen LogP contribution is -2.14. The van der Waals surface area contributed by atoms with E-state index in [4.69, 9.17) is 10.7 Å². The van der Waals surface area contributed by atoms with Crippen molar-refractivity contribution in [3.63, 3.8) is 0 Å². The molecule has 2 N–H and O–H groups in total. The number of aryl methyl sites for hydroxylation is 1. The van der Waals surface area contributed by atoms with Crippen molar-refractivity contribution in [2.45, 2.75) is 32.2 Å². The quantitative estimate of drug-likeness (QED) is 0.761. The second-order valence-electron chi connectivity index (χ2n) is 4.82. The van der Waals surface area contributed by atoms with Gasteiger partial charge in [-0.25, -0.2) is 4.98 Å². The predicted octanol–water partition coefficient (Wildman–Crippen LogP) is 3.03. The first kappa shape index (κ1) is 10.4. The number of nitrogens with zero attached hydrogens (tertiary/aromatic N) is 2. The van der Waals surface area contributed by atoms with Gasteiger partial charge in [0, 0.05) is 29.9 Å². The third-order valence-electron chi connectivity index (χ3n) is 3.49. The molecular formula is C14H17N3. The van der Waals surface area contributed by atoms with Crippen molar-refractivity contribution < 1.29 is 0 Å². The topological polar surface area (TPSA) is 43.8 Å². The highest BCUT2D eigenvalue weighted by Crippen LogP contribution is 2.28. The van der Waals surface area contributed by atoms with Crippen molar-refractivity contribution in [1.29, 1.82) is 0 Å². The number of benzene rings is 1. The first-order valence-corrected chi connectivity index (χ1v) is 6.18. The Morgan fingerprint density at radius 3 is 3.06 bits per heavy atom. The SMILES string of the molecule is C[C@@H]1CCCc2nc(-c3cccc(N)c3)cn21. The van der Waals surface area contributed by atoms with Gasteiger partial charge in [-0.1, -0.05) is 12.1 Å². The highest BCUT2D eigenvalue weighted by Gasteiger charge is 2.18. The lowest BCUT2D eigenvalue weighted by Gasteiger charge is -2.20. The fourth-order valence-electron chi connectivity index (χ4n) is 2.53. The Morgan fingerprint density at radius 1 is 1.41 bits per heavy atom. The zero-order valence-corrected chi connectivity index (χ0v) is 10.1. The molecule has 0 bridgehead atoms. The average molecular weight is 227 g/mol. The number of hydrogen-bond acceptors (Lipinski definition) is 2. The Morgan fingerprint density at radius 2 is 2.29 bits per heavy atom. The van der Waals surface area contributed by atoms with Crippen LogP contribution in [-0.4, -0.2) is 9.55 Å². The lowest BCUT2D eigenvalue weighted by atomic mass is 10.1. The summed E-state index contributed by atoms with van der Waals surface area (Å²) in [4.78, 5) is 4.72. The van der Waals surface area contributed by atoms with Gasteiger partial charge in [0.1, 0.15) is 5.82 Å². The Bertz CT molecular complexity index is 542. The third-order valence-corrected chi connectivity index (χ3v) is 3.49. The summed E-state index contributed by atoms with van der Waals surface area (Å²) in [6.07, 6.45) is 5.74. The van der Waals surface area contributed by atoms with Crippen LogP contribution in [0.5, 0.6) is 0 Å². The number of fused-ring (bicyclic) bond motifs is 1. The zero-order valence-electron chi connectivity index (χ0n) is 10.1. The molecule has 0 saturated carbocycles. The van der Waals surface area contributed by atoms with Gasteiger partial charge in [-0.05, 0) is 31.9 Å². The van der Waals surface area contributed by atoms with Gasteiger partial charge < -0.3 is 10.3 Å². The predicted molar refractivity (Wildman–Crippen MR) is 69.7 cm³/mol. The van der Waals surface area contributed by atoms with Crippen molar-refractivity contribution in [1.82, 2.24) is 9.55 Å². The second-order valence-corrected chi connectivity index (χ2v) is 4.82. The number of nitrogens with two attached hydrogens (primary N) is 1. The van der Waals surface area contributed by atoms with Gasteiger partial charge in [-0.2, -0.15) is 0 Å². The fourth-order valence-corrected chi connectivity index (χ4v) is 2.53. The van der Waals surface area contributed by atoms with Gasteiger partial charge in [0.15, 0.2) is 0 Å². The van der Waals surface area contributed by atoms with Crippen LogP contribution in [0.25, 0.3) is 11.3 Å². The minimum Gasteiger partial charge on any atom is -0.399 e. The summed E-state index contributed by atoms with van der Waals surface area (Å²) in [7, 11) is 0. The van der Waals surface area contributed by atoms with Crippen LogP contribution in [0.2, 0.25) is 0 Å². The molecule has 0 saturated heterocycles. The van der Waals surface area contributed by atoms with E-state index in [-0.39, 0.29) is 0 Å². The van der Waals surface area contributed by atoms with Crippen molar-refractivity contribution in [3.05, 3.63) is 36.3 Å². The van der Waals surface area contributed by atoms with E-state index in [1.807, 2.05) is 18.2 Å². The molecule has 0 fully saturated rings. The number of rotatable bonds is 1. The van der Waals surface area contributed by atoms with Gasteiger partial charge in [-0.15, -0.1) is 0 Å². The molecule has 17 heavy (non-hydrogen) atoms. The van der Waals surface area contributed by atoms with Crippen LogP contribution < -0.4 is 5.73 Å². The lowest BCUT2D eigenvalue weighted by molar-refractivity contribution is 0.426. The second kappa shape index (κ2) is 3.91. The van der Waals surface area contributed by atoms with Crippen LogP contribution in [0.15, 0.2) is 30.5 Å². The zero-order chi connectivity index (χ0) is 11.8. The molecule has 0 unspecified atom stereocenters. The smallest absolute Gasteiger partial charge is 0.109 e. The van der Waals surface area contributed by atoms with Gasteiger partial charge >= 0.3 is 0 Å². The van der Waals surface area contributed by atoms with E-state index in [2.05, 4.69) is 23.8 Å². The standard InChI is InChI=1S/C14H17N3/c1-10-4-2-7-14-16-13(9-17(10)14)11-5-3-6-12(15)8-11/h3,5-6,8-10H,2,4,7,15H2,1H3/t10-/m1/s1. The first-order chi connectivity index (χ1) is 8.24. The molecule has 1 aliphatic heterocycles. The molecule has 2 aromatic rings. The maximum Gasteiger partial charge on any atom is 0.109 e. The summed E-state index contributed by atoms with van der Waals surface area (Å²) >= 11 is 0. The molecule has 1 aromatic carbocycles. The maximum atomic E-state index is 5.81. The summed E-state index contributed by atoms with van der Waals surface area (Å²) < 4.78 is 2.31. The number of imidazole rings is 1. The van der Waals surface area contributed by atoms with Crippen molar-refractivity contribution in [3.8, 4) is 11.3 Å². The van der Waals surface area contributed by atoms with Crippen LogP contribution >= 0.6 is 0 Å². The Balaban J connectivity index is 2.05. The van der Waals surface area contributed by atoms with E-state index in [0.29, 0.717) is 6.04 Å². The monoisotopic (exact) mass is 227 g/mol. The van der Waals surface area contributed by atoms with Gasteiger partial charge in [0.05, 0.1) is 5.69 Å². The molecule has 1 aromatic heterocycles. The summed E-state index contributed by atoms with van der Waals surface area (Å²) in [5.41, 5.74) is 8.76. The molecule has 0 spiro atoms. The first-order valence-electron chi connectivity index (χ1n) is 6.18. The Hall–Kier alpha value is -1.77. The van der Waals surface area contributed by atoms with E-state index in [1.54, 1.807) is 0 Å². The molecule has 88 valence electrons. The summed E-state index contributed by atoms with van der Waals surface area (Å²) in [6.45, 7) is 2.26. The van der Waals surface area contributed by atoms with Gasteiger partial charge in [-0.3, -0.25) is 0 Å². The minimum absolute atomic E-state index is 0.570. The number of anilines is 1. The molecule has 3 rings (SSSR count). The van der Waals surface area contributed by atoms with Gasteiger partial charge in [0.2, 0.25) is 0 Å². The van der Waals surface area contributed by atoms with Crippen LogP contribution in [0.1, 0.15) is 31.6 Å². The van der Waals surface area contributed by atoms with E-state index >= 15 is 0 Å². The minimum atomic E-state index is 0.570. The molecule has 1 atom stereocenters.